The molecule has 2 aromatic rings. The molecule has 2 aromatic carbocycles. The van der Waals surface area contributed by atoms with Crippen LogP contribution in [0.2, 0.25) is 0 Å². The fourth-order valence-electron chi connectivity index (χ4n) is 2.45. The first-order valence-corrected chi connectivity index (χ1v) is 7.88. The monoisotopic (exact) mass is 334 g/mol. The molecule has 0 saturated carbocycles. The Morgan fingerprint density at radius 1 is 1.00 bits per heavy atom. The van der Waals surface area contributed by atoms with E-state index in [0.29, 0.717) is 0 Å². The van der Waals surface area contributed by atoms with Gasteiger partial charge in [0.05, 0.1) is 6.04 Å². The smallest absolute Gasteiger partial charge is 0.171 e. The molecule has 0 heterocycles. The highest BCUT2D eigenvalue weighted by Crippen LogP contribution is 2.25. The summed E-state index contributed by atoms with van der Waals surface area (Å²) in [5, 5.41) is 5.98. The topological polar surface area (TPSA) is 24.1 Å². The van der Waals surface area contributed by atoms with Crippen molar-refractivity contribution >= 4 is 23.0 Å². The summed E-state index contributed by atoms with van der Waals surface area (Å²) >= 11 is 5.24. The Labute approximate surface area is 140 Å². The van der Waals surface area contributed by atoms with E-state index in [-0.39, 0.29) is 22.8 Å². The first-order valence-electron chi connectivity index (χ1n) is 7.47. The van der Waals surface area contributed by atoms with Crippen molar-refractivity contribution in [3.05, 3.63) is 65.2 Å². The summed E-state index contributed by atoms with van der Waals surface area (Å²) in [5.74, 6) is -1.10. The largest absolute Gasteiger partial charge is 0.355 e. The zero-order valence-electron chi connectivity index (χ0n) is 13.4. The van der Waals surface area contributed by atoms with E-state index in [2.05, 4.69) is 24.5 Å². The van der Waals surface area contributed by atoms with Crippen LogP contribution in [0.15, 0.2) is 42.5 Å². The van der Waals surface area contributed by atoms with Crippen LogP contribution >= 0.6 is 12.2 Å². The lowest BCUT2D eigenvalue weighted by molar-refractivity contribution is 0.471. The van der Waals surface area contributed by atoms with Crippen molar-refractivity contribution in [3.8, 4) is 0 Å². The maximum Gasteiger partial charge on any atom is 0.171 e. The molecule has 0 unspecified atom stereocenters. The predicted molar refractivity (Wildman–Crippen MR) is 94.5 cm³/mol. The molecule has 2 rings (SSSR count). The summed E-state index contributed by atoms with van der Waals surface area (Å²) in [6.07, 6.45) is 0. The van der Waals surface area contributed by atoms with Gasteiger partial charge < -0.3 is 10.6 Å². The minimum atomic E-state index is -0.675. The average Bonchev–Trinajstić information content (AvgIpc) is 2.49. The minimum absolute atomic E-state index is 0.0500. The predicted octanol–water partition coefficient (Wildman–Crippen LogP) is 4.96. The summed E-state index contributed by atoms with van der Waals surface area (Å²) < 4.78 is 27.4. The molecule has 0 aliphatic rings. The van der Waals surface area contributed by atoms with Gasteiger partial charge in [-0.15, -0.1) is 0 Å². The Bertz CT molecular complexity index is 681. The molecule has 2 nitrogen and oxygen atoms in total. The summed E-state index contributed by atoms with van der Waals surface area (Å²) in [5.41, 5.74) is 2.01. The van der Waals surface area contributed by atoms with Gasteiger partial charge in [0, 0.05) is 0 Å². The molecule has 1 atom stereocenters. The number of hydrogen-bond acceptors (Lipinski definition) is 1. The lowest BCUT2D eigenvalue weighted by atomic mass is 9.93. The molecule has 0 spiro atoms. The Hall–Kier alpha value is -2.01. The second-order valence-electron chi connectivity index (χ2n) is 5.77. The number of nitrogens with one attached hydrogen (secondary N) is 2. The van der Waals surface area contributed by atoms with Gasteiger partial charge in [0.1, 0.15) is 17.3 Å². The van der Waals surface area contributed by atoms with Crippen molar-refractivity contribution in [3.63, 3.8) is 0 Å². The van der Waals surface area contributed by atoms with Gasteiger partial charge in [-0.1, -0.05) is 44.2 Å². The molecule has 0 amide bonds. The number of anilines is 1. The fraction of sp³-hybridized carbons (Fsp3) is 0.278. The van der Waals surface area contributed by atoms with Gasteiger partial charge in [-0.3, -0.25) is 0 Å². The molecule has 0 aliphatic carbocycles. The molecule has 0 bridgehead atoms. The molecular formula is C18H20F2N2S. The highest BCUT2D eigenvalue weighted by atomic mass is 32.1. The number of thiocarbonyl (C=S) groups is 1. The van der Waals surface area contributed by atoms with E-state index in [4.69, 9.17) is 12.2 Å². The summed E-state index contributed by atoms with van der Waals surface area (Å²) in [4.78, 5) is 0. The van der Waals surface area contributed by atoms with Crippen molar-refractivity contribution in [2.45, 2.75) is 26.8 Å². The number of rotatable bonds is 4. The molecule has 0 aliphatic heterocycles. The van der Waals surface area contributed by atoms with Crippen molar-refractivity contribution in [2.75, 3.05) is 5.32 Å². The van der Waals surface area contributed by atoms with Crippen LogP contribution in [0.25, 0.3) is 0 Å². The van der Waals surface area contributed by atoms with Crippen LogP contribution in [-0.2, 0) is 0 Å². The van der Waals surface area contributed by atoms with Crippen molar-refractivity contribution < 1.29 is 8.78 Å². The van der Waals surface area contributed by atoms with Gasteiger partial charge in [0.2, 0.25) is 0 Å². The molecule has 5 heteroatoms. The van der Waals surface area contributed by atoms with Crippen LogP contribution in [0, 0.1) is 24.5 Å². The van der Waals surface area contributed by atoms with Crippen LogP contribution in [0.3, 0.4) is 0 Å². The first-order chi connectivity index (χ1) is 10.9. The Kier molecular flexibility index (Phi) is 5.66. The van der Waals surface area contributed by atoms with Crippen molar-refractivity contribution in [1.29, 1.82) is 0 Å². The second kappa shape index (κ2) is 7.51. The molecular weight excluding hydrogens is 314 g/mol. The van der Waals surface area contributed by atoms with E-state index in [1.54, 1.807) is 0 Å². The van der Waals surface area contributed by atoms with Crippen LogP contribution in [0.4, 0.5) is 14.5 Å². The fourth-order valence-corrected chi connectivity index (χ4v) is 2.68. The molecule has 122 valence electrons. The lowest BCUT2D eigenvalue weighted by Gasteiger charge is -2.26. The maximum atomic E-state index is 13.7. The summed E-state index contributed by atoms with van der Waals surface area (Å²) in [6, 6.07) is 11.6. The zero-order valence-corrected chi connectivity index (χ0v) is 14.2. The third-order valence-electron chi connectivity index (χ3n) is 3.68. The SMILES string of the molecule is Cc1ccccc1[C@@H](NC(=S)Nc1c(F)cccc1F)C(C)C. The van der Waals surface area contributed by atoms with Crippen molar-refractivity contribution in [2.24, 2.45) is 5.92 Å². The standard InChI is InChI=1S/C18H20F2N2S/c1-11(2)16(13-8-5-4-7-12(13)3)21-18(23)22-17-14(19)9-6-10-15(17)20/h4-11,16H,1-3H3,(H2,21,22,23)/t16-/m0/s1. The van der Waals surface area contributed by atoms with Gasteiger partial charge >= 0.3 is 0 Å². The normalized spacial score (nSPS) is 12.1. The molecule has 0 saturated heterocycles. The van der Waals surface area contributed by atoms with Gasteiger partial charge in [0.25, 0.3) is 0 Å². The van der Waals surface area contributed by atoms with E-state index in [9.17, 15) is 8.78 Å². The van der Waals surface area contributed by atoms with E-state index in [0.717, 1.165) is 11.1 Å². The van der Waals surface area contributed by atoms with Crippen LogP contribution in [0.1, 0.15) is 31.0 Å². The second-order valence-corrected chi connectivity index (χ2v) is 6.18. The minimum Gasteiger partial charge on any atom is -0.355 e. The van der Waals surface area contributed by atoms with Gasteiger partial charge in [-0.25, -0.2) is 8.78 Å². The number of halogens is 2. The number of aryl methyl sites for hydroxylation is 1. The molecule has 23 heavy (non-hydrogen) atoms. The molecule has 0 radical (unpaired) electrons. The third-order valence-corrected chi connectivity index (χ3v) is 3.90. The van der Waals surface area contributed by atoms with E-state index in [1.807, 2.05) is 31.2 Å². The summed E-state index contributed by atoms with van der Waals surface area (Å²) in [7, 11) is 0. The van der Waals surface area contributed by atoms with Gasteiger partial charge in [-0.05, 0) is 48.3 Å². The van der Waals surface area contributed by atoms with Gasteiger partial charge in [-0.2, -0.15) is 0 Å². The highest BCUT2D eigenvalue weighted by Gasteiger charge is 2.19. The van der Waals surface area contributed by atoms with Crippen molar-refractivity contribution in [1.82, 2.24) is 5.32 Å². The number of benzene rings is 2. The highest BCUT2D eigenvalue weighted by molar-refractivity contribution is 7.80. The lowest BCUT2D eigenvalue weighted by Crippen LogP contribution is -2.35. The summed E-state index contributed by atoms with van der Waals surface area (Å²) in [6.45, 7) is 6.16. The Balaban J connectivity index is 2.18. The zero-order chi connectivity index (χ0) is 17.0. The third kappa shape index (κ3) is 4.26. The molecule has 2 N–H and O–H groups in total. The van der Waals surface area contributed by atoms with Crippen LogP contribution in [0.5, 0.6) is 0 Å². The average molecular weight is 334 g/mol. The van der Waals surface area contributed by atoms with E-state index in [1.165, 1.54) is 18.2 Å². The van der Waals surface area contributed by atoms with Gasteiger partial charge in [0.15, 0.2) is 5.11 Å². The van der Waals surface area contributed by atoms with Crippen LogP contribution < -0.4 is 10.6 Å². The quantitative estimate of drug-likeness (QED) is 0.773. The number of hydrogen-bond donors (Lipinski definition) is 2. The Morgan fingerprint density at radius 2 is 1.61 bits per heavy atom. The van der Waals surface area contributed by atoms with Crippen LogP contribution in [-0.4, -0.2) is 5.11 Å². The molecule has 0 aromatic heterocycles. The van der Waals surface area contributed by atoms with E-state index < -0.39 is 11.6 Å². The number of para-hydroxylation sites is 1. The Morgan fingerprint density at radius 3 is 2.17 bits per heavy atom. The first kappa shape index (κ1) is 17.3. The van der Waals surface area contributed by atoms with E-state index >= 15 is 0 Å². The maximum absolute atomic E-state index is 13.7. The molecule has 0 fully saturated rings.